The van der Waals surface area contributed by atoms with Gasteiger partial charge in [0.25, 0.3) is 0 Å². The zero-order valence-electron chi connectivity index (χ0n) is 12.3. The minimum Gasteiger partial charge on any atom is -0.480 e. The number of carbonyl (C=O) groups is 2. The van der Waals surface area contributed by atoms with Crippen LogP contribution >= 0.6 is 0 Å². The minimum absolute atomic E-state index is 0.114. The predicted molar refractivity (Wildman–Crippen MR) is 81.6 cm³/mol. The van der Waals surface area contributed by atoms with Crippen molar-refractivity contribution < 1.29 is 14.7 Å². The maximum Gasteiger partial charge on any atom is 0.319 e. The first-order chi connectivity index (χ1) is 11.1. The average Bonchev–Trinajstić information content (AvgIpc) is 3.23. The van der Waals surface area contributed by atoms with Crippen molar-refractivity contribution in [3.63, 3.8) is 0 Å². The summed E-state index contributed by atoms with van der Waals surface area (Å²) in [5.41, 5.74) is -0.581. The Morgan fingerprint density at radius 3 is 2.57 bits per heavy atom. The van der Waals surface area contributed by atoms with E-state index in [9.17, 15) is 14.7 Å². The summed E-state index contributed by atoms with van der Waals surface area (Å²) in [6.45, 7) is 0.114. The third-order valence-corrected chi connectivity index (χ3v) is 3.97. The molecule has 118 valence electrons. The van der Waals surface area contributed by atoms with Gasteiger partial charge in [-0.05, 0) is 25.0 Å². The van der Waals surface area contributed by atoms with Crippen LogP contribution in [-0.2, 0) is 16.1 Å². The third kappa shape index (κ3) is 2.73. The van der Waals surface area contributed by atoms with Gasteiger partial charge in [0.2, 0.25) is 5.91 Å². The molecular weight excluding hydrogens is 296 g/mol. The molecule has 1 aromatic heterocycles. The summed E-state index contributed by atoms with van der Waals surface area (Å²) in [6, 6.07) is 9.40. The van der Waals surface area contributed by atoms with Crippen molar-refractivity contribution in [3.8, 4) is 5.69 Å². The smallest absolute Gasteiger partial charge is 0.319 e. The Kier molecular flexibility index (Phi) is 3.92. The first-order valence-corrected chi connectivity index (χ1v) is 7.24. The molecule has 1 aromatic carbocycles. The second-order valence-corrected chi connectivity index (χ2v) is 5.37. The van der Waals surface area contributed by atoms with Crippen LogP contribution in [0.4, 0.5) is 0 Å². The zero-order valence-corrected chi connectivity index (χ0v) is 12.3. The van der Waals surface area contributed by atoms with Crippen molar-refractivity contribution in [2.24, 2.45) is 5.41 Å². The number of nitrogens with zero attached hydrogens (tertiary/aromatic N) is 3. The van der Waals surface area contributed by atoms with Crippen molar-refractivity contribution in [2.45, 2.75) is 19.4 Å². The molecule has 0 spiro atoms. The van der Waals surface area contributed by atoms with Crippen LogP contribution in [0, 0.1) is 5.41 Å². The second kappa shape index (κ2) is 6.04. The Morgan fingerprint density at radius 1 is 1.22 bits per heavy atom. The number of para-hydroxylation sites is 1. The van der Waals surface area contributed by atoms with Gasteiger partial charge in [-0.25, -0.2) is 9.67 Å². The molecule has 2 N–H and O–H groups in total. The molecule has 3 rings (SSSR count). The maximum atomic E-state index is 12.4. The Hall–Kier alpha value is -2.96. The molecule has 0 unspecified atom stereocenters. The maximum absolute atomic E-state index is 12.4. The number of benzene rings is 1. The summed E-state index contributed by atoms with van der Waals surface area (Å²) in [5.74, 6) is -1.07. The highest BCUT2D eigenvalue weighted by Crippen LogP contribution is 2.33. The summed E-state index contributed by atoms with van der Waals surface area (Å²) in [4.78, 5) is 28.0. The summed E-state index contributed by atoms with van der Waals surface area (Å²) in [7, 11) is 0. The average molecular weight is 312 g/mol. The van der Waals surface area contributed by atoms with Gasteiger partial charge in [0.15, 0.2) is 11.2 Å². The van der Waals surface area contributed by atoms with Crippen LogP contribution in [0.3, 0.4) is 0 Å². The lowest BCUT2D eigenvalue weighted by atomic mass is 9.84. The second-order valence-electron chi connectivity index (χ2n) is 5.37. The van der Waals surface area contributed by atoms with Gasteiger partial charge in [-0.15, -0.1) is 0 Å². The van der Waals surface area contributed by atoms with Crippen molar-refractivity contribution in [2.75, 3.05) is 0 Å². The topological polar surface area (TPSA) is 97.1 Å². The molecule has 0 radical (unpaired) electrons. The van der Waals surface area contributed by atoms with E-state index >= 15 is 0 Å². The normalized spacial score (nSPS) is 15.5. The number of amides is 1. The quantitative estimate of drug-likeness (QED) is 0.641. The van der Waals surface area contributed by atoms with Gasteiger partial charge in [-0.1, -0.05) is 30.4 Å². The van der Waals surface area contributed by atoms with Gasteiger partial charge in [-0.2, -0.15) is 5.10 Å². The number of aliphatic carboxylic acids is 1. The van der Waals surface area contributed by atoms with E-state index < -0.39 is 17.3 Å². The number of rotatable bonds is 5. The van der Waals surface area contributed by atoms with Crippen molar-refractivity contribution in [3.05, 3.63) is 54.6 Å². The van der Waals surface area contributed by atoms with Gasteiger partial charge in [-0.3, -0.25) is 9.59 Å². The number of nitrogens with one attached hydrogen (secondary N) is 1. The molecule has 0 aliphatic heterocycles. The van der Waals surface area contributed by atoms with E-state index in [4.69, 9.17) is 0 Å². The van der Waals surface area contributed by atoms with E-state index in [0.717, 1.165) is 5.69 Å². The Labute approximate surface area is 132 Å². The number of aromatic nitrogens is 3. The summed E-state index contributed by atoms with van der Waals surface area (Å²) in [6.07, 6.45) is 5.26. The lowest BCUT2D eigenvalue weighted by molar-refractivity contribution is -0.155. The van der Waals surface area contributed by atoms with Gasteiger partial charge in [0, 0.05) is 0 Å². The van der Waals surface area contributed by atoms with Gasteiger partial charge in [0.05, 0.1) is 12.2 Å². The molecular formula is C16H16N4O3. The molecule has 0 bridgehead atoms. The fourth-order valence-electron chi connectivity index (χ4n) is 2.61. The molecule has 1 amide bonds. The van der Waals surface area contributed by atoms with E-state index in [2.05, 4.69) is 15.4 Å². The van der Waals surface area contributed by atoms with E-state index in [1.165, 1.54) is 6.33 Å². The fraction of sp³-hybridized carbons (Fsp3) is 0.250. The molecule has 23 heavy (non-hydrogen) atoms. The Morgan fingerprint density at radius 2 is 1.91 bits per heavy atom. The van der Waals surface area contributed by atoms with Crippen molar-refractivity contribution in [1.82, 2.24) is 20.1 Å². The molecule has 1 aliphatic rings. The standard InChI is InChI=1S/C16H16N4O3/c21-14(16(15(22)23)8-4-5-9-16)17-10-13-18-11-19-20(13)12-6-2-1-3-7-12/h1-7,11H,8-10H2,(H,17,21)(H,22,23). The molecule has 7 heteroatoms. The number of hydrogen-bond acceptors (Lipinski definition) is 4. The molecule has 2 aromatic rings. The molecule has 0 saturated carbocycles. The van der Waals surface area contributed by atoms with Crippen LogP contribution in [0.5, 0.6) is 0 Å². The van der Waals surface area contributed by atoms with E-state index in [1.807, 2.05) is 30.3 Å². The number of carboxylic acids is 1. The Balaban J connectivity index is 1.73. The summed E-state index contributed by atoms with van der Waals surface area (Å²) in [5, 5.41) is 16.2. The van der Waals surface area contributed by atoms with Crippen LogP contribution in [0.2, 0.25) is 0 Å². The molecule has 7 nitrogen and oxygen atoms in total. The molecule has 0 fully saturated rings. The van der Waals surface area contributed by atoms with E-state index in [1.54, 1.807) is 16.8 Å². The first kappa shape index (κ1) is 15.0. The highest BCUT2D eigenvalue weighted by atomic mass is 16.4. The molecule has 1 aliphatic carbocycles. The van der Waals surface area contributed by atoms with Gasteiger partial charge < -0.3 is 10.4 Å². The van der Waals surface area contributed by atoms with Gasteiger partial charge in [0.1, 0.15) is 6.33 Å². The first-order valence-electron chi connectivity index (χ1n) is 7.24. The summed E-state index contributed by atoms with van der Waals surface area (Å²) >= 11 is 0. The number of carboxylic acid groups (broad SMARTS) is 1. The van der Waals surface area contributed by atoms with Crippen LogP contribution in [0.1, 0.15) is 18.7 Å². The molecule has 1 heterocycles. The third-order valence-electron chi connectivity index (χ3n) is 3.97. The monoisotopic (exact) mass is 312 g/mol. The number of carbonyl (C=O) groups excluding carboxylic acids is 1. The lowest BCUT2D eigenvalue weighted by Gasteiger charge is -2.22. The fourth-order valence-corrected chi connectivity index (χ4v) is 2.61. The highest BCUT2D eigenvalue weighted by molar-refractivity contribution is 6.02. The molecule has 0 saturated heterocycles. The zero-order chi connectivity index (χ0) is 16.3. The SMILES string of the molecule is O=C(O)C1(C(=O)NCc2ncnn2-c2ccccc2)CC=CC1. The number of allylic oxidation sites excluding steroid dienone is 2. The highest BCUT2D eigenvalue weighted by Gasteiger charge is 2.46. The van der Waals surface area contributed by atoms with E-state index in [-0.39, 0.29) is 19.4 Å². The number of hydrogen-bond donors (Lipinski definition) is 2. The van der Waals surface area contributed by atoms with E-state index in [0.29, 0.717) is 5.82 Å². The molecule has 0 atom stereocenters. The van der Waals surface area contributed by atoms with Crippen molar-refractivity contribution >= 4 is 11.9 Å². The minimum atomic E-state index is -1.41. The summed E-state index contributed by atoms with van der Waals surface area (Å²) < 4.78 is 1.61. The Bertz CT molecular complexity index is 744. The predicted octanol–water partition coefficient (Wildman–Crippen LogP) is 1.30. The van der Waals surface area contributed by atoms with Crippen LogP contribution in [-0.4, -0.2) is 31.7 Å². The van der Waals surface area contributed by atoms with Gasteiger partial charge >= 0.3 is 5.97 Å². The van der Waals surface area contributed by atoms with Crippen molar-refractivity contribution in [1.29, 1.82) is 0 Å². The van der Waals surface area contributed by atoms with Crippen LogP contribution in [0.25, 0.3) is 5.69 Å². The van der Waals surface area contributed by atoms with Crippen LogP contribution in [0.15, 0.2) is 48.8 Å². The van der Waals surface area contributed by atoms with Crippen LogP contribution < -0.4 is 5.32 Å². The lowest BCUT2D eigenvalue weighted by Crippen LogP contribution is -2.45. The largest absolute Gasteiger partial charge is 0.480 e.